The van der Waals surface area contributed by atoms with Crippen molar-refractivity contribution in [2.75, 3.05) is 6.61 Å². The van der Waals surface area contributed by atoms with Crippen molar-refractivity contribution in [1.82, 2.24) is 14.4 Å². The van der Waals surface area contributed by atoms with Gasteiger partial charge < -0.3 is 4.74 Å². The molecule has 5 heteroatoms. The normalized spacial score (nSPS) is 10.9. The molecule has 3 rings (SSSR count). The summed E-state index contributed by atoms with van der Waals surface area (Å²) in [6.45, 7) is 2.11. The third-order valence-corrected chi connectivity index (χ3v) is 2.67. The highest BCUT2D eigenvalue weighted by molar-refractivity contribution is 5.89. The molecule has 0 aliphatic heterocycles. The zero-order chi connectivity index (χ0) is 12.5. The molecule has 3 aromatic rings. The third-order valence-electron chi connectivity index (χ3n) is 2.67. The molecule has 0 saturated heterocycles. The first-order chi connectivity index (χ1) is 8.79. The van der Waals surface area contributed by atoms with Gasteiger partial charge in [-0.3, -0.25) is 4.40 Å². The van der Waals surface area contributed by atoms with Crippen molar-refractivity contribution in [2.45, 2.75) is 6.92 Å². The van der Waals surface area contributed by atoms with Crippen LogP contribution in [-0.2, 0) is 4.74 Å². The van der Waals surface area contributed by atoms with E-state index >= 15 is 0 Å². The topological polar surface area (TPSA) is 56.5 Å². The lowest BCUT2D eigenvalue weighted by Crippen LogP contribution is -2.04. The van der Waals surface area contributed by atoms with Gasteiger partial charge in [-0.05, 0) is 31.2 Å². The summed E-state index contributed by atoms with van der Waals surface area (Å²) >= 11 is 0. The lowest BCUT2D eigenvalue weighted by molar-refractivity contribution is 0.0520. The van der Waals surface area contributed by atoms with Gasteiger partial charge in [0.2, 0.25) is 0 Å². The SMILES string of the molecule is CCOC(=O)c1cn2c(ccc3cccnc32)n1. The van der Waals surface area contributed by atoms with Gasteiger partial charge in [0, 0.05) is 17.8 Å². The summed E-state index contributed by atoms with van der Waals surface area (Å²) < 4.78 is 6.73. The van der Waals surface area contributed by atoms with Crippen molar-refractivity contribution in [1.29, 1.82) is 0 Å². The molecule has 3 aromatic heterocycles. The summed E-state index contributed by atoms with van der Waals surface area (Å²) in [5, 5.41) is 0.998. The van der Waals surface area contributed by atoms with Crippen molar-refractivity contribution >= 4 is 22.6 Å². The van der Waals surface area contributed by atoms with Crippen molar-refractivity contribution in [2.24, 2.45) is 0 Å². The van der Waals surface area contributed by atoms with Gasteiger partial charge >= 0.3 is 5.97 Å². The second-order valence-corrected chi connectivity index (χ2v) is 3.82. The van der Waals surface area contributed by atoms with E-state index in [1.165, 1.54) is 0 Å². The molecule has 0 unspecified atom stereocenters. The Morgan fingerprint density at radius 3 is 3.11 bits per heavy atom. The maximum absolute atomic E-state index is 11.6. The molecule has 18 heavy (non-hydrogen) atoms. The molecular formula is C13H11N3O2. The van der Waals surface area contributed by atoms with Gasteiger partial charge in [0.1, 0.15) is 11.3 Å². The van der Waals surface area contributed by atoms with Gasteiger partial charge in [0.15, 0.2) is 5.69 Å². The molecule has 0 N–H and O–H groups in total. The van der Waals surface area contributed by atoms with Crippen LogP contribution in [0, 0.1) is 0 Å². The molecule has 0 aliphatic carbocycles. The van der Waals surface area contributed by atoms with E-state index in [0.29, 0.717) is 17.9 Å². The molecule has 0 saturated carbocycles. The third kappa shape index (κ3) is 1.60. The van der Waals surface area contributed by atoms with Crippen LogP contribution in [0.2, 0.25) is 0 Å². The number of esters is 1. The Bertz CT molecular complexity index is 733. The largest absolute Gasteiger partial charge is 0.461 e. The lowest BCUT2D eigenvalue weighted by atomic mass is 10.3. The van der Waals surface area contributed by atoms with Crippen LogP contribution in [0.4, 0.5) is 0 Å². The van der Waals surface area contributed by atoms with E-state index < -0.39 is 5.97 Å². The minimum absolute atomic E-state index is 0.301. The predicted molar refractivity (Wildman–Crippen MR) is 66.4 cm³/mol. The Morgan fingerprint density at radius 2 is 2.28 bits per heavy atom. The molecule has 0 aliphatic rings. The summed E-state index contributed by atoms with van der Waals surface area (Å²) in [5.74, 6) is -0.412. The Kier molecular flexibility index (Phi) is 2.44. The zero-order valence-corrected chi connectivity index (χ0v) is 9.83. The Balaban J connectivity index is 2.22. The van der Waals surface area contributed by atoms with Crippen LogP contribution in [0.1, 0.15) is 17.4 Å². The first kappa shape index (κ1) is 10.7. The molecule has 0 radical (unpaired) electrons. The number of hydrogen-bond acceptors (Lipinski definition) is 4. The summed E-state index contributed by atoms with van der Waals surface area (Å²) in [4.78, 5) is 20.2. The fraction of sp³-hybridized carbons (Fsp3) is 0.154. The number of ether oxygens (including phenoxy) is 1. The van der Waals surface area contributed by atoms with Crippen molar-refractivity contribution in [3.05, 3.63) is 42.4 Å². The highest BCUT2D eigenvalue weighted by atomic mass is 16.5. The number of fused-ring (bicyclic) bond motifs is 3. The first-order valence-corrected chi connectivity index (χ1v) is 5.69. The molecule has 0 fully saturated rings. The van der Waals surface area contributed by atoms with Crippen LogP contribution in [0.3, 0.4) is 0 Å². The summed E-state index contributed by atoms with van der Waals surface area (Å²) in [6, 6.07) is 7.62. The second kappa shape index (κ2) is 4.10. The molecule has 0 spiro atoms. The maximum atomic E-state index is 11.6. The van der Waals surface area contributed by atoms with Gasteiger partial charge in [-0.1, -0.05) is 0 Å². The average molecular weight is 241 g/mol. The Labute approximate surface area is 103 Å². The molecule has 0 aromatic carbocycles. The van der Waals surface area contributed by atoms with Crippen LogP contribution in [-0.4, -0.2) is 26.9 Å². The lowest BCUT2D eigenvalue weighted by Gasteiger charge is -1.98. The second-order valence-electron chi connectivity index (χ2n) is 3.82. The predicted octanol–water partition coefficient (Wildman–Crippen LogP) is 2.06. The number of pyridine rings is 2. The molecule has 0 atom stereocenters. The molecule has 5 nitrogen and oxygen atoms in total. The highest BCUT2D eigenvalue weighted by Gasteiger charge is 2.12. The van der Waals surface area contributed by atoms with Gasteiger partial charge in [0.05, 0.1) is 6.61 Å². The molecule has 90 valence electrons. The first-order valence-electron chi connectivity index (χ1n) is 5.69. The number of carbonyl (C=O) groups is 1. The number of nitrogens with zero attached hydrogens (tertiary/aromatic N) is 3. The molecule has 0 bridgehead atoms. The van der Waals surface area contributed by atoms with Gasteiger partial charge in [-0.15, -0.1) is 0 Å². The summed E-state index contributed by atoms with van der Waals surface area (Å²) in [7, 11) is 0. The number of carbonyl (C=O) groups excluding carboxylic acids is 1. The summed E-state index contributed by atoms with van der Waals surface area (Å²) in [6.07, 6.45) is 3.37. The molecular weight excluding hydrogens is 230 g/mol. The number of rotatable bonds is 2. The van der Waals surface area contributed by atoms with Crippen molar-refractivity contribution in [3.63, 3.8) is 0 Å². The zero-order valence-electron chi connectivity index (χ0n) is 9.83. The van der Waals surface area contributed by atoms with Crippen LogP contribution >= 0.6 is 0 Å². The molecule has 3 heterocycles. The Morgan fingerprint density at radius 1 is 1.39 bits per heavy atom. The highest BCUT2D eigenvalue weighted by Crippen LogP contribution is 2.15. The number of aromatic nitrogens is 3. The van der Waals surface area contributed by atoms with Crippen LogP contribution in [0.15, 0.2) is 36.7 Å². The Hall–Kier alpha value is -2.43. The molecule has 0 amide bonds. The quantitative estimate of drug-likeness (QED) is 0.644. The maximum Gasteiger partial charge on any atom is 0.358 e. The van der Waals surface area contributed by atoms with E-state index in [4.69, 9.17) is 4.74 Å². The summed E-state index contributed by atoms with van der Waals surface area (Å²) in [5.41, 5.74) is 1.76. The smallest absolute Gasteiger partial charge is 0.358 e. The fourth-order valence-corrected chi connectivity index (χ4v) is 1.89. The van der Waals surface area contributed by atoms with E-state index in [1.54, 1.807) is 23.7 Å². The van der Waals surface area contributed by atoms with E-state index in [-0.39, 0.29) is 0 Å². The van der Waals surface area contributed by atoms with Crippen molar-refractivity contribution < 1.29 is 9.53 Å². The monoisotopic (exact) mass is 241 g/mol. The minimum atomic E-state index is -0.412. The van der Waals surface area contributed by atoms with E-state index in [2.05, 4.69) is 9.97 Å². The minimum Gasteiger partial charge on any atom is -0.461 e. The van der Waals surface area contributed by atoms with Gasteiger partial charge in [-0.25, -0.2) is 14.8 Å². The van der Waals surface area contributed by atoms with E-state index in [9.17, 15) is 4.79 Å². The van der Waals surface area contributed by atoms with Crippen LogP contribution in [0.5, 0.6) is 0 Å². The number of imidazole rings is 1. The number of hydrogen-bond donors (Lipinski definition) is 0. The fourth-order valence-electron chi connectivity index (χ4n) is 1.89. The van der Waals surface area contributed by atoms with Crippen molar-refractivity contribution in [3.8, 4) is 0 Å². The average Bonchev–Trinajstić information content (AvgIpc) is 2.83. The van der Waals surface area contributed by atoms with E-state index in [1.807, 2.05) is 24.3 Å². The van der Waals surface area contributed by atoms with Gasteiger partial charge in [-0.2, -0.15) is 0 Å². The van der Waals surface area contributed by atoms with E-state index in [0.717, 1.165) is 11.0 Å². The van der Waals surface area contributed by atoms with Crippen LogP contribution in [0.25, 0.3) is 16.7 Å². The van der Waals surface area contributed by atoms with Gasteiger partial charge in [0.25, 0.3) is 0 Å². The van der Waals surface area contributed by atoms with Crippen LogP contribution < -0.4 is 0 Å². The standard InChI is InChI=1S/C13H11N3O2/c1-2-18-13(17)10-8-16-11(15-10)6-5-9-4-3-7-14-12(9)16/h3-8H,2H2,1H3.